The number of nitrogens with zero attached hydrogens (tertiary/aromatic N) is 3. The Kier molecular flexibility index (Phi) is 7.57. The maximum Gasteiger partial charge on any atom is 0.271 e. The van der Waals surface area contributed by atoms with Gasteiger partial charge in [0.15, 0.2) is 11.5 Å². The van der Waals surface area contributed by atoms with Crippen molar-refractivity contribution < 1.29 is 18.7 Å². The third-order valence-electron chi connectivity index (χ3n) is 6.01. The number of rotatable bonds is 8. The van der Waals surface area contributed by atoms with Crippen LogP contribution in [0.4, 0.5) is 15.9 Å². The van der Waals surface area contributed by atoms with E-state index in [0.29, 0.717) is 11.7 Å². The van der Waals surface area contributed by atoms with Crippen LogP contribution in [0.1, 0.15) is 40.4 Å². The molecule has 3 aromatic rings. The van der Waals surface area contributed by atoms with E-state index in [1.165, 1.54) is 30.5 Å². The molecule has 1 saturated heterocycles. The van der Waals surface area contributed by atoms with Gasteiger partial charge in [0.2, 0.25) is 0 Å². The molecule has 0 radical (unpaired) electrons. The van der Waals surface area contributed by atoms with E-state index < -0.39 is 11.7 Å². The number of hydrogen-bond acceptors (Lipinski definition) is 7. The summed E-state index contributed by atoms with van der Waals surface area (Å²) in [4.78, 5) is 22.9. The number of methoxy groups -OCH3 is 1. The molecular weight excluding hydrogens is 449 g/mol. The third-order valence-corrected chi connectivity index (χ3v) is 6.01. The van der Waals surface area contributed by atoms with Gasteiger partial charge >= 0.3 is 0 Å². The molecule has 3 N–H and O–H groups in total. The molecule has 0 spiro atoms. The van der Waals surface area contributed by atoms with Gasteiger partial charge in [0.25, 0.3) is 5.91 Å². The Morgan fingerprint density at radius 2 is 2.03 bits per heavy atom. The zero-order valence-corrected chi connectivity index (χ0v) is 20.2. The molecule has 0 bridgehead atoms. The van der Waals surface area contributed by atoms with E-state index in [9.17, 15) is 9.18 Å². The van der Waals surface area contributed by atoms with Crippen LogP contribution in [0.15, 0.2) is 42.6 Å². The van der Waals surface area contributed by atoms with Crippen LogP contribution in [-0.4, -0.2) is 55.2 Å². The van der Waals surface area contributed by atoms with Crippen LogP contribution in [0.5, 0.6) is 5.75 Å². The lowest BCUT2D eigenvalue weighted by Gasteiger charge is -2.26. The minimum atomic E-state index is -0.737. The molecule has 4 rings (SSSR count). The second kappa shape index (κ2) is 10.8. The van der Waals surface area contributed by atoms with Crippen molar-refractivity contribution in [1.82, 2.24) is 14.9 Å². The fourth-order valence-electron chi connectivity index (χ4n) is 4.40. The Hall–Kier alpha value is -3.56. The van der Waals surface area contributed by atoms with Crippen LogP contribution in [0.3, 0.4) is 0 Å². The number of carbonyl (C=O) groups is 1. The first kappa shape index (κ1) is 24.6. The Labute approximate surface area is 204 Å². The number of ether oxygens (including phenoxy) is 2. The molecule has 1 aliphatic heterocycles. The first-order valence-corrected chi connectivity index (χ1v) is 11.5. The maximum atomic E-state index is 14.7. The highest BCUT2D eigenvalue weighted by Crippen LogP contribution is 2.34. The van der Waals surface area contributed by atoms with E-state index in [0.717, 1.165) is 38.3 Å². The van der Waals surface area contributed by atoms with Crippen molar-refractivity contribution >= 4 is 17.4 Å². The second-order valence-electron chi connectivity index (χ2n) is 8.80. The van der Waals surface area contributed by atoms with Gasteiger partial charge in [0.05, 0.1) is 24.6 Å². The summed E-state index contributed by atoms with van der Waals surface area (Å²) in [6.45, 7) is 2.27. The van der Waals surface area contributed by atoms with Crippen molar-refractivity contribution in [2.75, 3.05) is 39.7 Å². The zero-order chi connectivity index (χ0) is 24.9. The zero-order valence-electron chi connectivity index (χ0n) is 20.2. The first-order valence-electron chi connectivity index (χ1n) is 11.5. The molecule has 0 aliphatic carbocycles. The largest absolute Gasteiger partial charge is 0.496 e. The molecule has 1 amide bonds. The smallest absolute Gasteiger partial charge is 0.271 e. The number of carbonyl (C=O) groups excluding carboxylic acids is 1. The van der Waals surface area contributed by atoms with Crippen LogP contribution in [0.2, 0.25) is 0 Å². The number of nitrogens with one attached hydrogen (secondary N) is 1. The molecular formula is C26H30FN5O3. The average molecular weight is 480 g/mol. The monoisotopic (exact) mass is 479 g/mol. The van der Waals surface area contributed by atoms with Gasteiger partial charge in [0.1, 0.15) is 11.6 Å². The van der Waals surface area contributed by atoms with Gasteiger partial charge in [-0.25, -0.2) is 14.4 Å². The molecule has 184 valence electrons. The van der Waals surface area contributed by atoms with Crippen molar-refractivity contribution in [3.8, 4) is 17.0 Å². The summed E-state index contributed by atoms with van der Waals surface area (Å²) in [5.74, 6) is -0.350. The molecule has 0 atom stereocenters. The number of anilines is 2. The van der Waals surface area contributed by atoms with Crippen molar-refractivity contribution in [3.05, 3.63) is 65.2 Å². The van der Waals surface area contributed by atoms with E-state index in [4.69, 9.17) is 15.2 Å². The van der Waals surface area contributed by atoms with Crippen LogP contribution in [-0.2, 0) is 11.3 Å². The lowest BCUT2D eigenvalue weighted by Crippen LogP contribution is -2.19. The Morgan fingerprint density at radius 3 is 2.71 bits per heavy atom. The molecule has 1 fully saturated rings. The Morgan fingerprint density at radius 1 is 1.26 bits per heavy atom. The number of amides is 1. The van der Waals surface area contributed by atoms with E-state index in [-0.39, 0.29) is 22.8 Å². The van der Waals surface area contributed by atoms with Crippen LogP contribution in [0, 0.1) is 5.82 Å². The number of benzene rings is 2. The quantitative estimate of drug-likeness (QED) is 0.502. The minimum absolute atomic E-state index is 0.0354. The van der Waals surface area contributed by atoms with Gasteiger partial charge in [-0.05, 0) is 68.2 Å². The SMILES string of the molecule is COc1cccc(F)c1-c1cnc(C(N)=O)c(Nc2ccc(C3CCOCC3)c(CN(C)C)c2)n1. The van der Waals surface area contributed by atoms with Crippen molar-refractivity contribution in [2.45, 2.75) is 25.3 Å². The van der Waals surface area contributed by atoms with E-state index in [1.54, 1.807) is 12.1 Å². The van der Waals surface area contributed by atoms with E-state index in [1.807, 2.05) is 26.2 Å². The van der Waals surface area contributed by atoms with Crippen LogP contribution < -0.4 is 15.8 Å². The molecule has 35 heavy (non-hydrogen) atoms. The van der Waals surface area contributed by atoms with Gasteiger partial charge in [0, 0.05) is 25.4 Å². The highest BCUT2D eigenvalue weighted by molar-refractivity contribution is 5.96. The molecule has 8 nitrogen and oxygen atoms in total. The lowest BCUT2D eigenvalue weighted by molar-refractivity contribution is 0.0850. The molecule has 2 heterocycles. The van der Waals surface area contributed by atoms with Gasteiger partial charge in [-0.2, -0.15) is 0 Å². The number of halogens is 1. The number of hydrogen-bond donors (Lipinski definition) is 2. The molecule has 0 saturated carbocycles. The number of primary amides is 1. The van der Waals surface area contributed by atoms with E-state index >= 15 is 0 Å². The average Bonchev–Trinajstić information content (AvgIpc) is 2.84. The summed E-state index contributed by atoms with van der Waals surface area (Å²) >= 11 is 0. The lowest BCUT2D eigenvalue weighted by atomic mass is 9.88. The highest BCUT2D eigenvalue weighted by Gasteiger charge is 2.21. The second-order valence-corrected chi connectivity index (χ2v) is 8.80. The predicted octanol–water partition coefficient (Wildman–Crippen LogP) is 4.09. The first-order chi connectivity index (χ1) is 16.9. The predicted molar refractivity (Wildman–Crippen MR) is 132 cm³/mol. The molecule has 1 aromatic heterocycles. The molecule has 2 aromatic carbocycles. The van der Waals surface area contributed by atoms with Gasteiger partial charge in [-0.3, -0.25) is 4.79 Å². The van der Waals surface area contributed by atoms with Crippen LogP contribution >= 0.6 is 0 Å². The Balaban J connectivity index is 1.73. The number of nitrogens with two attached hydrogens (primary N) is 1. The van der Waals surface area contributed by atoms with Gasteiger partial charge in [-0.15, -0.1) is 0 Å². The fraction of sp³-hybridized carbons (Fsp3) is 0.346. The summed E-state index contributed by atoms with van der Waals surface area (Å²) in [7, 11) is 5.50. The summed E-state index contributed by atoms with van der Waals surface area (Å²) in [5, 5.41) is 3.18. The summed E-state index contributed by atoms with van der Waals surface area (Å²) in [6, 6.07) is 10.6. The standard InChI is InChI=1S/C26H30FN5O3/c1-32(2)15-17-13-18(7-8-19(17)16-9-11-35-12-10-16)30-26-24(25(28)33)29-14-21(31-26)23-20(27)5-4-6-22(23)34-3/h4-8,13-14,16H,9-12,15H2,1-3H3,(H2,28,33)(H,30,31). The van der Waals surface area contributed by atoms with Gasteiger partial charge in [-0.1, -0.05) is 12.1 Å². The normalized spacial score (nSPS) is 14.2. The molecule has 1 aliphatic rings. The van der Waals surface area contributed by atoms with Crippen molar-refractivity contribution in [2.24, 2.45) is 5.73 Å². The topological polar surface area (TPSA) is 103 Å². The fourth-order valence-corrected chi connectivity index (χ4v) is 4.40. The van der Waals surface area contributed by atoms with E-state index in [2.05, 4.69) is 26.3 Å². The number of aromatic nitrogens is 2. The van der Waals surface area contributed by atoms with Crippen LogP contribution in [0.25, 0.3) is 11.3 Å². The molecule has 9 heteroatoms. The van der Waals surface area contributed by atoms with Gasteiger partial charge < -0.3 is 25.4 Å². The molecule has 0 unspecified atom stereocenters. The maximum absolute atomic E-state index is 14.7. The summed E-state index contributed by atoms with van der Waals surface area (Å²) < 4.78 is 25.5. The summed E-state index contributed by atoms with van der Waals surface area (Å²) in [5.41, 5.74) is 9.10. The minimum Gasteiger partial charge on any atom is -0.496 e. The van der Waals surface area contributed by atoms with Crippen molar-refractivity contribution in [3.63, 3.8) is 0 Å². The summed E-state index contributed by atoms with van der Waals surface area (Å²) in [6.07, 6.45) is 3.28. The van der Waals surface area contributed by atoms with Crippen molar-refractivity contribution in [1.29, 1.82) is 0 Å². The third kappa shape index (κ3) is 5.58. The highest BCUT2D eigenvalue weighted by atomic mass is 19.1. The Bertz CT molecular complexity index is 1210.